The van der Waals surface area contributed by atoms with Crippen LogP contribution < -0.4 is 5.32 Å². The van der Waals surface area contributed by atoms with Crippen molar-refractivity contribution in [2.24, 2.45) is 5.92 Å². The zero-order valence-electron chi connectivity index (χ0n) is 12.5. The van der Waals surface area contributed by atoms with Gasteiger partial charge in [0.25, 0.3) is 0 Å². The van der Waals surface area contributed by atoms with E-state index in [0.29, 0.717) is 26.3 Å². The predicted molar refractivity (Wildman–Crippen MR) is 80.0 cm³/mol. The van der Waals surface area contributed by atoms with E-state index >= 15 is 0 Å². The SMILES string of the molecule is CC(C)C(=O)[C@H](NC(=O)N1CCOCC1)c1ccccc1. The molecule has 0 aromatic heterocycles. The lowest BCUT2D eigenvalue weighted by Crippen LogP contribution is -2.48. The van der Waals surface area contributed by atoms with Crippen LogP contribution in [0, 0.1) is 5.92 Å². The lowest BCUT2D eigenvalue weighted by atomic mass is 9.95. The van der Waals surface area contributed by atoms with Crippen LogP contribution in [0.15, 0.2) is 30.3 Å². The predicted octanol–water partition coefficient (Wildman–Crippen LogP) is 1.99. The molecule has 0 aliphatic carbocycles. The van der Waals surface area contributed by atoms with Gasteiger partial charge in [0.15, 0.2) is 5.78 Å². The van der Waals surface area contributed by atoms with Crippen LogP contribution >= 0.6 is 0 Å². The Kier molecular flexibility index (Phi) is 5.33. The van der Waals surface area contributed by atoms with Gasteiger partial charge in [0.1, 0.15) is 6.04 Å². The van der Waals surface area contributed by atoms with Crippen molar-refractivity contribution in [3.63, 3.8) is 0 Å². The van der Waals surface area contributed by atoms with Crippen LogP contribution in [0.1, 0.15) is 25.5 Å². The third-order valence-corrected chi connectivity index (χ3v) is 3.55. The van der Waals surface area contributed by atoms with Gasteiger partial charge in [-0.25, -0.2) is 4.79 Å². The summed E-state index contributed by atoms with van der Waals surface area (Å²) >= 11 is 0. The highest BCUT2D eigenvalue weighted by atomic mass is 16.5. The first-order valence-electron chi connectivity index (χ1n) is 7.31. The van der Waals surface area contributed by atoms with Gasteiger partial charge in [-0.3, -0.25) is 4.79 Å². The summed E-state index contributed by atoms with van der Waals surface area (Å²) in [5.41, 5.74) is 0.817. The van der Waals surface area contributed by atoms with Crippen molar-refractivity contribution in [1.29, 1.82) is 0 Å². The monoisotopic (exact) mass is 290 g/mol. The Hall–Kier alpha value is -1.88. The molecule has 5 nitrogen and oxygen atoms in total. The van der Waals surface area contributed by atoms with Gasteiger partial charge in [-0.05, 0) is 5.56 Å². The number of Topliss-reactive ketones (excluding diaryl/α,β-unsaturated/α-hetero) is 1. The third kappa shape index (κ3) is 4.04. The van der Waals surface area contributed by atoms with E-state index in [-0.39, 0.29) is 17.7 Å². The minimum atomic E-state index is -0.596. The van der Waals surface area contributed by atoms with Crippen molar-refractivity contribution < 1.29 is 14.3 Å². The number of carbonyl (C=O) groups is 2. The van der Waals surface area contributed by atoms with E-state index in [1.807, 2.05) is 44.2 Å². The number of urea groups is 1. The lowest BCUT2D eigenvalue weighted by Gasteiger charge is -2.29. The molecule has 0 saturated carbocycles. The Labute approximate surface area is 125 Å². The maximum atomic E-state index is 12.4. The van der Waals surface area contributed by atoms with Gasteiger partial charge in [-0.1, -0.05) is 44.2 Å². The number of rotatable bonds is 4. The molecule has 1 N–H and O–H groups in total. The van der Waals surface area contributed by atoms with Crippen molar-refractivity contribution >= 4 is 11.8 Å². The first-order chi connectivity index (χ1) is 10.1. The van der Waals surface area contributed by atoms with Crippen molar-refractivity contribution in [1.82, 2.24) is 10.2 Å². The molecule has 1 fully saturated rings. The van der Waals surface area contributed by atoms with Crippen molar-refractivity contribution in [2.75, 3.05) is 26.3 Å². The molecular weight excluding hydrogens is 268 g/mol. The van der Waals surface area contributed by atoms with Crippen LogP contribution in [0.3, 0.4) is 0 Å². The van der Waals surface area contributed by atoms with E-state index in [1.54, 1.807) is 4.90 Å². The zero-order valence-corrected chi connectivity index (χ0v) is 12.5. The molecule has 1 saturated heterocycles. The van der Waals surface area contributed by atoms with Gasteiger partial charge >= 0.3 is 6.03 Å². The summed E-state index contributed by atoms with van der Waals surface area (Å²) < 4.78 is 5.24. The van der Waals surface area contributed by atoms with Gasteiger partial charge in [0.2, 0.25) is 0 Å². The molecule has 21 heavy (non-hydrogen) atoms. The molecule has 1 aliphatic heterocycles. The standard InChI is InChI=1S/C16H22N2O3/c1-12(2)15(19)14(13-6-4-3-5-7-13)17-16(20)18-8-10-21-11-9-18/h3-7,12,14H,8-11H2,1-2H3,(H,17,20)/t14-/m1/s1. The molecule has 1 aromatic carbocycles. The number of nitrogens with one attached hydrogen (secondary N) is 1. The molecule has 0 spiro atoms. The molecule has 2 rings (SSSR count). The highest BCUT2D eigenvalue weighted by Gasteiger charge is 2.27. The summed E-state index contributed by atoms with van der Waals surface area (Å²) in [7, 11) is 0. The quantitative estimate of drug-likeness (QED) is 0.922. The first-order valence-corrected chi connectivity index (χ1v) is 7.31. The number of carbonyl (C=O) groups excluding carboxylic acids is 2. The first kappa shape index (κ1) is 15.5. The molecule has 1 aliphatic rings. The van der Waals surface area contributed by atoms with Gasteiger partial charge in [0.05, 0.1) is 13.2 Å². The van der Waals surface area contributed by atoms with E-state index < -0.39 is 6.04 Å². The van der Waals surface area contributed by atoms with E-state index in [0.717, 1.165) is 5.56 Å². The fourth-order valence-electron chi connectivity index (χ4n) is 2.28. The zero-order chi connectivity index (χ0) is 15.2. The second-order valence-electron chi connectivity index (χ2n) is 5.45. The lowest BCUT2D eigenvalue weighted by molar-refractivity contribution is -0.123. The van der Waals surface area contributed by atoms with Crippen LogP contribution in [0.2, 0.25) is 0 Å². The second kappa shape index (κ2) is 7.22. The Bertz CT molecular complexity index is 482. The molecular formula is C16H22N2O3. The number of ketones is 1. The maximum absolute atomic E-state index is 12.4. The van der Waals surface area contributed by atoms with E-state index in [1.165, 1.54) is 0 Å². The van der Waals surface area contributed by atoms with Crippen LogP contribution in [-0.4, -0.2) is 43.0 Å². The topological polar surface area (TPSA) is 58.6 Å². The molecule has 114 valence electrons. The van der Waals surface area contributed by atoms with Crippen LogP contribution in [0.5, 0.6) is 0 Å². The number of morpholine rings is 1. The largest absolute Gasteiger partial charge is 0.378 e. The molecule has 1 atom stereocenters. The smallest absolute Gasteiger partial charge is 0.318 e. The van der Waals surface area contributed by atoms with Gasteiger partial charge in [-0.2, -0.15) is 0 Å². The summed E-state index contributed by atoms with van der Waals surface area (Å²) in [6.07, 6.45) is 0. The number of hydrogen-bond acceptors (Lipinski definition) is 3. The summed E-state index contributed by atoms with van der Waals surface area (Å²) in [5, 5.41) is 2.87. The summed E-state index contributed by atoms with van der Waals surface area (Å²) in [6.45, 7) is 5.90. The summed E-state index contributed by atoms with van der Waals surface area (Å²) in [6, 6.07) is 8.56. The number of hydrogen-bond donors (Lipinski definition) is 1. The normalized spacial score (nSPS) is 16.6. The van der Waals surface area contributed by atoms with E-state index in [9.17, 15) is 9.59 Å². The second-order valence-corrected chi connectivity index (χ2v) is 5.45. The van der Waals surface area contributed by atoms with Gasteiger partial charge < -0.3 is 15.0 Å². The summed E-state index contributed by atoms with van der Waals surface area (Å²) in [5.74, 6) is -0.122. The molecule has 5 heteroatoms. The minimum Gasteiger partial charge on any atom is -0.378 e. The van der Waals surface area contributed by atoms with Crippen molar-refractivity contribution in [3.8, 4) is 0 Å². The Morgan fingerprint density at radius 3 is 2.33 bits per heavy atom. The Balaban J connectivity index is 2.12. The van der Waals surface area contributed by atoms with E-state index in [4.69, 9.17) is 4.74 Å². The Morgan fingerprint density at radius 2 is 1.76 bits per heavy atom. The number of amides is 2. The third-order valence-electron chi connectivity index (χ3n) is 3.55. The van der Waals surface area contributed by atoms with Crippen LogP contribution in [0.4, 0.5) is 4.79 Å². The van der Waals surface area contributed by atoms with Gasteiger partial charge in [0, 0.05) is 19.0 Å². The molecule has 0 unspecified atom stereocenters. The maximum Gasteiger partial charge on any atom is 0.318 e. The molecule has 0 bridgehead atoms. The highest BCUT2D eigenvalue weighted by molar-refractivity contribution is 5.90. The average Bonchev–Trinajstić information content (AvgIpc) is 2.53. The molecule has 0 radical (unpaired) electrons. The van der Waals surface area contributed by atoms with Crippen LogP contribution in [-0.2, 0) is 9.53 Å². The number of benzene rings is 1. The molecule has 1 aromatic rings. The molecule has 1 heterocycles. The average molecular weight is 290 g/mol. The van der Waals surface area contributed by atoms with Gasteiger partial charge in [-0.15, -0.1) is 0 Å². The van der Waals surface area contributed by atoms with Crippen molar-refractivity contribution in [3.05, 3.63) is 35.9 Å². The van der Waals surface area contributed by atoms with Crippen LogP contribution in [0.25, 0.3) is 0 Å². The molecule has 2 amide bonds. The Morgan fingerprint density at radius 1 is 1.14 bits per heavy atom. The minimum absolute atomic E-state index is 0.0165. The number of ether oxygens (including phenoxy) is 1. The fourth-order valence-corrected chi connectivity index (χ4v) is 2.28. The van der Waals surface area contributed by atoms with E-state index in [2.05, 4.69) is 5.32 Å². The summed E-state index contributed by atoms with van der Waals surface area (Å²) in [4.78, 5) is 26.4. The van der Waals surface area contributed by atoms with Crippen molar-refractivity contribution in [2.45, 2.75) is 19.9 Å². The fraction of sp³-hybridized carbons (Fsp3) is 0.500. The highest BCUT2D eigenvalue weighted by Crippen LogP contribution is 2.18. The number of nitrogens with zero attached hydrogens (tertiary/aromatic N) is 1.